The van der Waals surface area contributed by atoms with Gasteiger partial charge in [0.1, 0.15) is 16.9 Å². The van der Waals surface area contributed by atoms with Crippen LogP contribution in [0.1, 0.15) is 30.6 Å². The fourth-order valence-corrected chi connectivity index (χ4v) is 3.70. The van der Waals surface area contributed by atoms with Crippen LogP contribution in [0.25, 0.3) is 16.9 Å². The van der Waals surface area contributed by atoms with Crippen molar-refractivity contribution in [3.8, 4) is 5.82 Å². The second-order valence-corrected chi connectivity index (χ2v) is 8.83. The minimum absolute atomic E-state index is 0.0236. The summed E-state index contributed by atoms with van der Waals surface area (Å²) in [6.07, 6.45) is -3.98. The number of fused-ring (bicyclic) bond motifs is 1. The average molecular weight is 515 g/mol. The van der Waals surface area contributed by atoms with E-state index in [9.17, 15) is 41.0 Å². The van der Waals surface area contributed by atoms with Gasteiger partial charge in [-0.15, -0.1) is 0 Å². The molecule has 0 bridgehead atoms. The van der Waals surface area contributed by atoms with Gasteiger partial charge in [-0.1, -0.05) is 0 Å². The summed E-state index contributed by atoms with van der Waals surface area (Å²) in [5, 5.41) is 10.9. The fraction of sp³-hybridized carbons (Fsp3) is 0.364. The molecule has 1 aliphatic rings. The minimum atomic E-state index is -4.88. The molecule has 192 valence electrons. The van der Waals surface area contributed by atoms with Gasteiger partial charge in [-0.3, -0.25) is 14.2 Å². The number of β-amino-alcohol motifs (C(OH)–C–C–N with tert-alkyl or cyclic N) is 1. The maximum atomic E-state index is 15.0. The van der Waals surface area contributed by atoms with E-state index in [2.05, 4.69) is 9.97 Å². The lowest BCUT2D eigenvalue weighted by Crippen LogP contribution is -2.54. The molecule has 3 aromatic heterocycles. The van der Waals surface area contributed by atoms with Crippen LogP contribution in [-0.4, -0.2) is 56.5 Å². The predicted molar refractivity (Wildman–Crippen MR) is 115 cm³/mol. The number of aliphatic hydroxyl groups excluding tert-OH is 1. The van der Waals surface area contributed by atoms with Gasteiger partial charge in [-0.05, 0) is 26.3 Å². The second-order valence-electron chi connectivity index (χ2n) is 8.83. The Bertz CT molecular complexity index is 1420. The molecular weight excluding hydrogens is 496 g/mol. The number of alkyl halides is 3. The van der Waals surface area contributed by atoms with Crippen molar-refractivity contribution in [3.63, 3.8) is 0 Å². The molecule has 2 N–H and O–H groups in total. The Morgan fingerprint density at radius 1 is 1.14 bits per heavy atom. The Kier molecular flexibility index (Phi) is 6.19. The van der Waals surface area contributed by atoms with Crippen molar-refractivity contribution in [2.75, 3.05) is 18.0 Å². The molecule has 0 radical (unpaired) electrons. The van der Waals surface area contributed by atoms with Gasteiger partial charge in [0, 0.05) is 25.4 Å². The van der Waals surface area contributed by atoms with Crippen LogP contribution < -0.4 is 15.6 Å². The highest BCUT2D eigenvalue weighted by Gasteiger charge is 2.48. The molecule has 1 atom stereocenters. The number of carbonyl (C=O) groups is 1. The Hall–Kier alpha value is -3.68. The molecule has 1 saturated heterocycles. The van der Waals surface area contributed by atoms with Crippen molar-refractivity contribution in [3.05, 3.63) is 57.8 Å². The van der Waals surface area contributed by atoms with E-state index in [1.807, 2.05) is 0 Å². The zero-order valence-electron chi connectivity index (χ0n) is 18.8. The van der Waals surface area contributed by atoms with Crippen molar-refractivity contribution in [2.24, 2.45) is 0 Å². The van der Waals surface area contributed by atoms with E-state index in [1.54, 1.807) is 5.32 Å². The molecule has 1 aliphatic heterocycles. The Morgan fingerprint density at radius 2 is 1.81 bits per heavy atom. The number of halogens is 6. The van der Waals surface area contributed by atoms with Crippen molar-refractivity contribution in [1.29, 1.82) is 0 Å². The summed E-state index contributed by atoms with van der Waals surface area (Å²) in [4.78, 5) is 34.9. The molecule has 36 heavy (non-hydrogen) atoms. The summed E-state index contributed by atoms with van der Waals surface area (Å²) in [5.41, 5.74) is -5.18. The number of pyridine rings is 3. The molecule has 0 aromatic carbocycles. The number of carbonyl (C=O) groups excluding carboxylic acids is 1. The minimum Gasteiger partial charge on any atom is -0.391 e. The number of hydrogen-bond acceptors (Lipinski definition) is 6. The number of nitrogens with zero attached hydrogens (tertiary/aromatic N) is 4. The number of rotatable bonds is 4. The van der Waals surface area contributed by atoms with E-state index in [0.29, 0.717) is 44.8 Å². The average Bonchev–Trinajstić information content (AvgIpc) is 3.19. The summed E-state index contributed by atoms with van der Waals surface area (Å²) in [5.74, 6) is -5.70. The van der Waals surface area contributed by atoms with Crippen LogP contribution in [0, 0.1) is 17.5 Å². The third-order valence-corrected chi connectivity index (χ3v) is 5.77. The normalized spacial score (nSPS) is 16.6. The molecule has 4 rings (SSSR count). The standard InChI is InChI=1S/C22H19F6N5O3/c1-21(2,22(26,27)28)31-20(36)13-9-33(18-14(24)5-10(23)7-29-18)17-12(16(13)35)6-15(25)19(30-17)32-4-3-11(34)8-32/h5-7,9,11,34H,3-4,8H2,1-2H3,(H,31,36). The summed E-state index contributed by atoms with van der Waals surface area (Å²) in [7, 11) is 0. The van der Waals surface area contributed by atoms with Gasteiger partial charge in [0.15, 0.2) is 28.9 Å². The smallest absolute Gasteiger partial charge is 0.391 e. The van der Waals surface area contributed by atoms with Crippen LogP contribution in [0.5, 0.6) is 0 Å². The molecule has 0 aliphatic carbocycles. The van der Waals surface area contributed by atoms with E-state index in [4.69, 9.17) is 0 Å². The van der Waals surface area contributed by atoms with Gasteiger partial charge in [0.2, 0.25) is 5.43 Å². The van der Waals surface area contributed by atoms with Crippen LogP contribution >= 0.6 is 0 Å². The first kappa shape index (κ1) is 25.4. The SMILES string of the molecule is CC(C)(NC(=O)c1cn(-c2ncc(F)cc2F)c2nc(N3CCC(O)C3)c(F)cc2c1=O)C(F)(F)F. The van der Waals surface area contributed by atoms with Gasteiger partial charge in [0.25, 0.3) is 5.91 Å². The fourth-order valence-electron chi connectivity index (χ4n) is 3.70. The van der Waals surface area contributed by atoms with Gasteiger partial charge < -0.3 is 15.3 Å². The van der Waals surface area contributed by atoms with E-state index in [-0.39, 0.29) is 24.6 Å². The van der Waals surface area contributed by atoms with Gasteiger partial charge >= 0.3 is 6.18 Å². The topological polar surface area (TPSA) is 100 Å². The Labute approximate surface area is 199 Å². The number of aliphatic hydroxyl groups is 1. The van der Waals surface area contributed by atoms with Crippen LogP contribution in [-0.2, 0) is 0 Å². The third kappa shape index (κ3) is 4.47. The zero-order valence-corrected chi connectivity index (χ0v) is 18.8. The van der Waals surface area contributed by atoms with E-state index >= 15 is 0 Å². The van der Waals surface area contributed by atoms with Crippen LogP contribution in [0.2, 0.25) is 0 Å². The first-order chi connectivity index (χ1) is 16.7. The van der Waals surface area contributed by atoms with E-state index in [0.717, 1.165) is 4.57 Å². The lowest BCUT2D eigenvalue weighted by Gasteiger charge is -2.28. The maximum absolute atomic E-state index is 15.0. The molecule has 1 fully saturated rings. The quantitative estimate of drug-likeness (QED) is 0.519. The Morgan fingerprint density at radius 3 is 2.39 bits per heavy atom. The van der Waals surface area contributed by atoms with E-state index < -0.39 is 63.4 Å². The summed E-state index contributed by atoms with van der Waals surface area (Å²) < 4.78 is 83.8. The summed E-state index contributed by atoms with van der Waals surface area (Å²) in [6, 6.07) is 1.17. The lowest BCUT2D eigenvalue weighted by atomic mass is 10.0. The van der Waals surface area contributed by atoms with Gasteiger partial charge in [-0.25, -0.2) is 23.1 Å². The summed E-state index contributed by atoms with van der Waals surface area (Å²) in [6.45, 7) is 1.58. The van der Waals surface area contributed by atoms with E-state index in [1.165, 1.54) is 4.90 Å². The zero-order chi connectivity index (χ0) is 26.6. The number of amides is 1. The largest absolute Gasteiger partial charge is 0.410 e. The Balaban J connectivity index is 1.97. The van der Waals surface area contributed by atoms with Crippen molar-refractivity contribution in [1.82, 2.24) is 19.9 Å². The molecule has 4 heterocycles. The van der Waals surface area contributed by atoms with Crippen LogP contribution in [0.4, 0.5) is 32.2 Å². The molecule has 8 nitrogen and oxygen atoms in total. The first-order valence-corrected chi connectivity index (χ1v) is 10.6. The molecule has 1 amide bonds. The third-order valence-electron chi connectivity index (χ3n) is 5.77. The predicted octanol–water partition coefficient (Wildman–Crippen LogP) is 2.84. The molecular formula is C22H19F6N5O3. The summed E-state index contributed by atoms with van der Waals surface area (Å²) >= 11 is 0. The number of anilines is 1. The highest BCUT2D eigenvalue weighted by molar-refractivity contribution is 5.97. The first-order valence-electron chi connectivity index (χ1n) is 10.6. The van der Waals surface area contributed by atoms with Crippen LogP contribution in [0.15, 0.2) is 29.3 Å². The second kappa shape index (κ2) is 8.76. The number of hydrogen-bond donors (Lipinski definition) is 2. The molecule has 3 aromatic rings. The monoisotopic (exact) mass is 515 g/mol. The van der Waals surface area contributed by atoms with Crippen molar-refractivity contribution < 1.29 is 36.2 Å². The number of nitrogens with one attached hydrogen (secondary N) is 1. The number of aromatic nitrogens is 3. The molecule has 14 heteroatoms. The molecule has 1 unspecified atom stereocenters. The highest BCUT2D eigenvalue weighted by Crippen LogP contribution is 2.30. The van der Waals surface area contributed by atoms with Crippen molar-refractivity contribution >= 4 is 22.8 Å². The maximum Gasteiger partial charge on any atom is 0.410 e. The lowest BCUT2D eigenvalue weighted by molar-refractivity contribution is -0.182. The molecule has 0 spiro atoms. The van der Waals surface area contributed by atoms with Crippen molar-refractivity contribution in [2.45, 2.75) is 38.1 Å². The van der Waals surface area contributed by atoms with Gasteiger partial charge in [-0.2, -0.15) is 13.2 Å². The van der Waals surface area contributed by atoms with Crippen LogP contribution in [0.3, 0.4) is 0 Å². The molecule has 0 saturated carbocycles. The highest BCUT2D eigenvalue weighted by atomic mass is 19.4. The van der Waals surface area contributed by atoms with Gasteiger partial charge in [0.05, 0.1) is 17.7 Å².